The summed E-state index contributed by atoms with van der Waals surface area (Å²) >= 11 is 0. The molecule has 136 valence electrons. The normalized spacial score (nSPS) is 11.7. The Morgan fingerprint density at radius 3 is 2.04 bits per heavy atom. The van der Waals surface area contributed by atoms with Crippen LogP contribution in [0.1, 0.15) is 17.2 Å². The summed E-state index contributed by atoms with van der Waals surface area (Å²) in [7, 11) is 6.41. The molecular weight excluding hydrogens is 322 g/mol. The second-order valence-electron chi connectivity index (χ2n) is 5.43. The van der Waals surface area contributed by atoms with Gasteiger partial charge < -0.3 is 29.4 Å². The third-order valence-electron chi connectivity index (χ3n) is 3.94. The van der Waals surface area contributed by atoms with Crippen molar-refractivity contribution in [2.75, 3.05) is 35.0 Å². The van der Waals surface area contributed by atoms with Crippen LogP contribution < -0.4 is 24.3 Å². The number of hydrogen-bond acceptors (Lipinski definition) is 6. The highest BCUT2D eigenvalue weighted by atomic mass is 16.5. The molecule has 0 saturated heterocycles. The van der Waals surface area contributed by atoms with Gasteiger partial charge >= 0.3 is 0 Å². The zero-order valence-corrected chi connectivity index (χ0v) is 15.0. The van der Waals surface area contributed by atoms with Gasteiger partial charge in [-0.05, 0) is 36.4 Å². The van der Waals surface area contributed by atoms with Gasteiger partial charge in [0, 0.05) is 24.2 Å². The first-order valence-corrected chi connectivity index (χ1v) is 7.94. The molecule has 0 saturated carbocycles. The number of ether oxygens (including phenoxy) is 4. The lowest BCUT2D eigenvalue weighted by Crippen LogP contribution is -2.21. The Bertz CT molecular complexity index is 690. The molecular formula is C19H25NO5. The Hall–Kier alpha value is -2.44. The quantitative estimate of drug-likeness (QED) is 0.727. The smallest absolute Gasteiger partial charge is 0.124 e. The van der Waals surface area contributed by atoms with Gasteiger partial charge in [0.15, 0.2) is 0 Å². The summed E-state index contributed by atoms with van der Waals surface area (Å²) in [4.78, 5) is 0. The van der Waals surface area contributed by atoms with Crippen LogP contribution in [0.25, 0.3) is 0 Å². The van der Waals surface area contributed by atoms with Gasteiger partial charge in [-0.1, -0.05) is 0 Å². The standard InChI is InChI=1S/C19H25NO5/c1-22-14-5-7-18(24-3)13(9-14)11-20-12-17(21)16-10-15(23-2)6-8-19(16)25-4/h5-10,17,20-21H,11-12H2,1-4H3/t17-/m1/s1. The van der Waals surface area contributed by atoms with E-state index in [0.717, 1.165) is 17.1 Å². The van der Waals surface area contributed by atoms with Gasteiger partial charge in [-0.15, -0.1) is 0 Å². The maximum atomic E-state index is 10.5. The molecule has 0 spiro atoms. The van der Waals surface area contributed by atoms with E-state index in [-0.39, 0.29) is 0 Å². The van der Waals surface area contributed by atoms with Crippen LogP contribution in [0.15, 0.2) is 36.4 Å². The van der Waals surface area contributed by atoms with Crippen LogP contribution in [-0.2, 0) is 6.54 Å². The summed E-state index contributed by atoms with van der Waals surface area (Å²) in [5.41, 5.74) is 1.62. The minimum Gasteiger partial charge on any atom is -0.497 e. The van der Waals surface area contributed by atoms with E-state index in [2.05, 4.69) is 5.32 Å². The molecule has 6 nitrogen and oxygen atoms in total. The molecule has 0 fully saturated rings. The van der Waals surface area contributed by atoms with Crippen molar-refractivity contribution in [3.05, 3.63) is 47.5 Å². The fraction of sp³-hybridized carbons (Fsp3) is 0.368. The molecule has 0 aromatic heterocycles. The maximum Gasteiger partial charge on any atom is 0.124 e. The fourth-order valence-electron chi connectivity index (χ4n) is 2.57. The van der Waals surface area contributed by atoms with Crippen LogP contribution in [-0.4, -0.2) is 40.1 Å². The predicted molar refractivity (Wildman–Crippen MR) is 95.8 cm³/mol. The molecule has 2 aromatic rings. The number of aliphatic hydroxyl groups is 1. The van der Waals surface area contributed by atoms with E-state index in [0.29, 0.717) is 30.2 Å². The monoisotopic (exact) mass is 347 g/mol. The van der Waals surface area contributed by atoms with Crippen molar-refractivity contribution in [3.8, 4) is 23.0 Å². The Balaban J connectivity index is 2.04. The third kappa shape index (κ3) is 4.78. The van der Waals surface area contributed by atoms with E-state index in [1.54, 1.807) is 46.6 Å². The number of rotatable bonds is 9. The number of hydrogen-bond donors (Lipinski definition) is 2. The summed E-state index contributed by atoms with van der Waals surface area (Å²) in [6, 6.07) is 11.0. The zero-order valence-electron chi connectivity index (χ0n) is 15.0. The third-order valence-corrected chi connectivity index (χ3v) is 3.94. The molecule has 2 N–H and O–H groups in total. The van der Waals surface area contributed by atoms with Crippen LogP contribution >= 0.6 is 0 Å². The molecule has 6 heteroatoms. The minimum absolute atomic E-state index is 0.351. The number of benzene rings is 2. The summed E-state index contributed by atoms with van der Waals surface area (Å²) in [6.45, 7) is 0.883. The van der Waals surface area contributed by atoms with Crippen molar-refractivity contribution in [2.24, 2.45) is 0 Å². The van der Waals surface area contributed by atoms with Crippen molar-refractivity contribution >= 4 is 0 Å². The Morgan fingerprint density at radius 1 is 0.840 bits per heavy atom. The van der Waals surface area contributed by atoms with E-state index < -0.39 is 6.10 Å². The van der Waals surface area contributed by atoms with Crippen LogP contribution in [0.3, 0.4) is 0 Å². The van der Waals surface area contributed by atoms with Crippen molar-refractivity contribution in [3.63, 3.8) is 0 Å². The Kier molecular flexibility index (Phi) is 6.91. The lowest BCUT2D eigenvalue weighted by atomic mass is 10.1. The Labute approximate surface area is 148 Å². The van der Waals surface area contributed by atoms with Gasteiger partial charge in [-0.3, -0.25) is 0 Å². The van der Waals surface area contributed by atoms with Gasteiger partial charge in [-0.2, -0.15) is 0 Å². The fourth-order valence-corrected chi connectivity index (χ4v) is 2.57. The highest BCUT2D eigenvalue weighted by Gasteiger charge is 2.15. The van der Waals surface area contributed by atoms with Gasteiger partial charge in [0.1, 0.15) is 23.0 Å². The average Bonchev–Trinajstić information content (AvgIpc) is 2.67. The van der Waals surface area contributed by atoms with Crippen LogP contribution in [0, 0.1) is 0 Å². The van der Waals surface area contributed by atoms with Crippen molar-refractivity contribution in [2.45, 2.75) is 12.6 Å². The molecule has 0 amide bonds. The lowest BCUT2D eigenvalue weighted by molar-refractivity contribution is 0.169. The van der Waals surface area contributed by atoms with E-state index >= 15 is 0 Å². The van der Waals surface area contributed by atoms with Crippen LogP contribution in [0.2, 0.25) is 0 Å². The van der Waals surface area contributed by atoms with Gasteiger partial charge in [0.25, 0.3) is 0 Å². The molecule has 0 radical (unpaired) electrons. The summed E-state index contributed by atoms with van der Waals surface area (Å²) in [6.07, 6.45) is -0.735. The molecule has 0 aliphatic rings. The number of nitrogens with one attached hydrogen (secondary N) is 1. The molecule has 1 atom stereocenters. The molecule has 2 rings (SSSR count). The minimum atomic E-state index is -0.735. The first-order valence-electron chi connectivity index (χ1n) is 7.94. The van der Waals surface area contributed by atoms with Crippen molar-refractivity contribution in [1.29, 1.82) is 0 Å². The SMILES string of the molecule is COc1ccc(OC)c(CNC[C@@H](O)c2cc(OC)ccc2OC)c1. The van der Waals surface area contributed by atoms with E-state index in [1.807, 2.05) is 18.2 Å². The van der Waals surface area contributed by atoms with Gasteiger partial charge in [0.2, 0.25) is 0 Å². The first-order chi connectivity index (χ1) is 12.1. The highest BCUT2D eigenvalue weighted by molar-refractivity contribution is 5.42. The molecule has 0 unspecified atom stereocenters. The second-order valence-corrected chi connectivity index (χ2v) is 5.43. The highest BCUT2D eigenvalue weighted by Crippen LogP contribution is 2.29. The summed E-state index contributed by atoms with van der Waals surface area (Å²) in [5, 5.41) is 13.7. The van der Waals surface area contributed by atoms with E-state index in [9.17, 15) is 5.11 Å². The molecule has 0 aliphatic carbocycles. The van der Waals surface area contributed by atoms with E-state index in [1.165, 1.54) is 0 Å². The van der Waals surface area contributed by atoms with Crippen molar-refractivity contribution < 1.29 is 24.1 Å². The van der Waals surface area contributed by atoms with E-state index in [4.69, 9.17) is 18.9 Å². The second kappa shape index (κ2) is 9.15. The first kappa shape index (κ1) is 18.9. The average molecular weight is 347 g/mol. The predicted octanol–water partition coefficient (Wildman–Crippen LogP) is 2.54. The van der Waals surface area contributed by atoms with Gasteiger partial charge in [-0.25, -0.2) is 0 Å². The van der Waals surface area contributed by atoms with Crippen LogP contribution in [0.5, 0.6) is 23.0 Å². The molecule has 0 aliphatic heterocycles. The lowest BCUT2D eigenvalue weighted by Gasteiger charge is -2.17. The van der Waals surface area contributed by atoms with Crippen molar-refractivity contribution in [1.82, 2.24) is 5.32 Å². The largest absolute Gasteiger partial charge is 0.497 e. The number of methoxy groups -OCH3 is 4. The molecule has 0 heterocycles. The molecule has 0 bridgehead atoms. The molecule has 25 heavy (non-hydrogen) atoms. The van der Waals surface area contributed by atoms with Gasteiger partial charge in [0.05, 0.1) is 34.5 Å². The maximum absolute atomic E-state index is 10.5. The summed E-state index contributed by atoms with van der Waals surface area (Å²) < 4.78 is 21.1. The number of aliphatic hydroxyl groups excluding tert-OH is 1. The Morgan fingerprint density at radius 2 is 1.44 bits per heavy atom. The van der Waals surface area contributed by atoms with Crippen LogP contribution in [0.4, 0.5) is 0 Å². The zero-order chi connectivity index (χ0) is 18.2. The molecule has 2 aromatic carbocycles. The topological polar surface area (TPSA) is 69.2 Å². The summed E-state index contributed by atoms with van der Waals surface area (Å²) in [5.74, 6) is 2.81.